The summed E-state index contributed by atoms with van der Waals surface area (Å²) >= 11 is 0. The van der Waals surface area contributed by atoms with E-state index in [1.165, 1.54) is 37.8 Å². The Hall–Kier alpha value is -1.48. The molecule has 0 unspecified atom stereocenters. The summed E-state index contributed by atoms with van der Waals surface area (Å²) in [7, 11) is 2.29. The van der Waals surface area contributed by atoms with Crippen molar-refractivity contribution in [1.82, 2.24) is 14.7 Å². The zero-order valence-corrected chi connectivity index (χ0v) is 15.0. The number of fused-ring (bicyclic) bond motifs is 2. The van der Waals surface area contributed by atoms with E-state index in [1.807, 2.05) is 0 Å². The van der Waals surface area contributed by atoms with E-state index in [4.69, 9.17) is 0 Å². The van der Waals surface area contributed by atoms with Crippen LogP contribution in [0, 0.1) is 17.1 Å². The van der Waals surface area contributed by atoms with Crippen molar-refractivity contribution in [2.24, 2.45) is 0 Å². The largest absolute Gasteiger partial charge is 0.300 e. The first kappa shape index (κ1) is 17.0. The molecule has 4 rings (SSSR count). The van der Waals surface area contributed by atoms with E-state index in [-0.39, 0.29) is 5.82 Å². The second-order valence-corrected chi connectivity index (χ2v) is 7.90. The molecule has 5 heteroatoms. The van der Waals surface area contributed by atoms with Gasteiger partial charge in [-0.15, -0.1) is 0 Å². The average molecular weight is 342 g/mol. The Morgan fingerprint density at radius 3 is 2.40 bits per heavy atom. The van der Waals surface area contributed by atoms with Crippen LogP contribution in [-0.2, 0) is 6.54 Å². The molecule has 0 spiro atoms. The van der Waals surface area contributed by atoms with Crippen LogP contribution in [0.15, 0.2) is 18.2 Å². The fourth-order valence-electron chi connectivity index (χ4n) is 5.01. The van der Waals surface area contributed by atoms with E-state index in [1.54, 1.807) is 6.07 Å². The lowest BCUT2D eigenvalue weighted by Crippen LogP contribution is -2.54. The average Bonchev–Trinajstić information content (AvgIpc) is 2.83. The molecule has 0 aliphatic carbocycles. The Morgan fingerprint density at radius 2 is 1.76 bits per heavy atom. The highest BCUT2D eigenvalue weighted by Crippen LogP contribution is 2.36. The molecule has 1 aromatic carbocycles. The third kappa shape index (κ3) is 3.44. The van der Waals surface area contributed by atoms with Gasteiger partial charge < -0.3 is 4.90 Å². The van der Waals surface area contributed by atoms with Gasteiger partial charge in [0.05, 0.1) is 11.6 Å². The summed E-state index contributed by atoms with van der Waals surface area (Å²) in [6, 6.07) is 8.97. The lowest BCUT2D eigenvalue weighted by Gasteiger charge is -2.45. The van der Waals surface area contributed by atoms with Gasteiger partial charge in [-0.05, 0) is 56.5 Å². The van der Waals surface area contributed by atoms with Crippen molar-refractivity contribution in [3.05, 3.63) is 35.1 Å². The molecule has 134 valence electrons. The molecule has 0 radical (unpaired) electrons. The molecule has 0 aromatic heterocycles. The Bertz CT molecular complexity index is 648. The first-order valence-corrected chi connectivity index (χ1v) is 9.51. The Balaban J connectivity index is 1.33. The number of halogens is 1. The summed E-state index contributed by atoms with van der Waals surface area (Å²) in [5.41, 5.74) is 1.41. The van der Waals surface area contributed by atoms with Crippen LogP contribution in [0.5, 0.6) is 0 Å². The highest BCUT2D eigenvalue weighted by atomic mass is 19.1. The summed E-state index contributed by atoms with van der Waals surface area (Å²) in [5, 5.41) is 9.22. The second kappa shape index (κ2) is 7.03. The SMILES string of the molecule is CN1[C@H]2CC[C@H]1CC(N1CCN(Cc3cc(F)ccc3C#N)CC1)C2. The van der Waals surface area contributed by atoms with Gasteiger partial charge in [0.25, 0.3) is 0 Å². The van der Waals surface area contributed by atoms with E-state index in [2.05, 4.69) is 27.8 Å². The number of hydrogen-bond donors (Lipinski definition) is 0. The van der Waals surface area contributed by atoms with Gasteiger partial charge in [0.2, 0.25) is 0 Å². The first-order valence-electron chi connectivity index (χ1n) is 9.51. The summed E-state index contributed by atoms with van der Waals surface area (Å²) in [4.78, 5) is 7.63. The molecule has 25 heavy (non-hydrogen) atoms. The smallest absolute Gasteiger partial charge is 0.123 e. The van der Waals surface area contributed by atoms with E-state index >= 15 is 0 Å². The third-order valence-corrected chi connectivity index (χ3v) is 6.58. The maximum absolute atomic E-state index is 13.5. The van der Waals surface area contributed by atoms with E-state index in [0.29, 0.717) is 12.1 Å². The van der Waals surface area contributed by atoms with Gasteiger partial charge in [0, 0.05) is 50.8 Å². The fraction of sp³-hybridized carbons (Fsp3) is 0.650. The highest BCUT2D eigenvalue weighted by Gasteiger charge is 2.40. The predicted octanol–water partition coefficient (Wildman–Crippen LogP) is 2.44. The molecular formula is C20H27FN4. The molecule has 4 nitrogen and oxygen atoms in total. The zero-order valence-electron chi connectivity index (χ0n) is 15.0. The molecule has 3 aliphatic heterocycles. The van der Waals surface area contributed by atoms with Crippen molar-refractivity contribution < 1.29 is 4.39 Å². The van der Waals surface area contributed by atoms with Gasteiger partial charge in [0.1, 0.15) is 5.82 Å². The third-order valence-electron chi connectivity index (χ3n) is 6.58. The van der Waals surface area contributed by atoms with Crippen molar-refractivity contribution >= 4 is 0 Å². The summed E-state index contributed by atoms with van der Waals surface area (Å²) in [5.74, 6) is -0.255. The number of benzene rings is 1. The van der Waals surface area contributed by atoms with Gasteiger partial charge in [-0.2, -0.15) is 5.26 Å². The maximum atomic E-state index is 13.5. The Morgan fingerprint density at radius 1 is 1.08 bits per heavy atom. The van der Waals surface area contributed by atoms with Crippen LogP contribution < -0.4 is 0 Å². The number of piperazine rings is 1. The van der Waals surface area contributed by atoms with Crippen LogP contribution >= 0.6 is 0 Å². The molecule has 0 amide bonds. The molecular weight excluding hydrogens is 315 g/mol. The second-order valence-electron chi connectivity index (χ2n) is 7.90. The molecule has 3 fully saturated rings. The first-order chi connectivity index (χ1) is 12.1. The molecule has 2 atom stereocenters. The number of piperidine rings is 1. The summed E-state index contributed by atoms with van der Waals surface area (Å²) in [6.07, 6.45) is 5.37. The minimum atomic E-state index is -0.255. The molecule has 3 heterocycles. The van der Waals surface area contributed by atoms with Crippen molar-refractivity contribution in [2.45, 2.75) is 50.4 Å². The van der Waals surface area contributed by atoms with Crippen LogP contribution in [0.1, 0.15) is 36.8 Å². The van der Waals surface area contributed by atoms with Gasteiger partial charge >= 0.3 is 0 Å². The molecule has 1 aromatic rings. The van der Waals surface area contributed by atoms with Crippen molar-refractivity contribution in [1.29, 1.82) is 5.26 Å². The monoisotopic (exact) mass is 342 g/mol. The molecule has 0 N–H and O–H groups in total. The van der Waals surface area contributed by atoms with Crippen LogP contribution in [0.4, 0.5) is 4.39 Å². The van der Waals surface area contributed by atoms with Gasteiger partial charge in [-0.3, -0.25) is 9.80 Å². The molecule has 2 bridgehead atoms. The maximum Gasteiger partial charge on any atom is 0.123 e. The number of nitrogens with zero attached hydrogens (tertiary/aromatic N) is 4. The van der Waals surface area contributed by atoms with Crippen molar-refractivity contribution in [3.63, 3.8) is 0 Å². The predicted molar refractivity (Wildman–Crippen MR) is 95.6 cm³/mol. The Kier molecular flexibility index (Phi) is 4.77. The number of rotatable bonds is 3. The number of nitriles is 1. The Labute approximate surface area is 149 Å². The topological polar surface area (TPSA) is 33.5 Å². The minimum Gasteiger partial charge on any atom is -0.300 e. The lowest BCUT2D eigenvalue weighted by atomic mass is 9.96. The van der Waals surface area contributed by atoms with Crippen LogP contribution in [-0.4, -0.2) is 66.1 Å². The molecule has 0 saturated carbocycles. The van der Waals surface area contributed by atoms with Crippen LogP contribution in [0.3, 0.4) is 0 Å². The standard InChI is InChI=1S/C20H27FN4/c1-23-18-4-5-19(23)12-20(11-18)25-8-6-24(7-9-25)14-16-10-17(21)3-2-15(16)13-22/h2-3,10,18-20H,4-9,11-12,14H2,1H3/t18-,19-/m0/s1. The van der Waals surface area contributed by atoms with Crippen molar-refractivity contribution in [3.8, 4) is 6.07 Å². The normalized spacial score (nSPS) is 31.2. The van der Waals surface area contributed by atoms with E-state index in [0.717, 1.165) is 49.9 Å². The lowest BCUT2D eigenvalue weighted by molar-refractivity contribution is 0.0379. The van der Waals surface area contributed by atoms with Gasteiger partial charge in [0.15, 0.2) is 0 Å². The highest BCUT2D eigenvalue weighted by molar-refractivity contribution is 5.37. The minimum absolute atomic E-state index is 0.255. The molecule has 3 saturated heterocycles. The van der Waals surface area contributed by atoms with Crippen LogP contribution in [0.2, 0.25) is 0 Å². The fourth-order valence-corrected chi connectivity index (χ4v) is 5.01. The summed E-state index contributed by atoms with van der Waals surface area (Å²) in [6.45, 7) is 4.86. The quantitative estimate of drug-likeness (QED) is 0.845. The van der Waals surface area contributed by atoms with Gasteiger partial charge in [-0.1, -0.05) is 0 Å². The molecule has 3 aliphatic rings. The summed E-state index contributed by atoms with van der Waals surface area (Å²) < 4.78 is 13.5. The number of hydrogen-bond acceptors (Lipinski definition) is 4. The van der Waals surface area contributed by atoms with E-state index < -0.39 is 0 Å². The van der Waals surface area contributed by atoms with Gasteiger partial charge in [-0.25, -0.2) is 4.39 Å². The van der Waals surface area contributed by atoms with Crippen LogP contribution in [0.25, 0.3) is 0 Å². The zero-order chi connectivity index (χ0) is 17.4. The van der Waals surface area contributed by atoms with E-state index in [9.17, 15) is 9.65 Å². The van der Waals surface area contributed by atoms with Crippen molar-refractivity contribution in [2.75, 3.05) is 33.2 Å².